The number of carbonyl (C=O) groups excluding carboxylic acids is 3. The number of rotatable bonds is 8. The van der Waals surface area contributed by atoms with Crippen LogP contribution in [0.2, 0.25) is 0 Å². The number of likely N-dealkylation sites (N-methyl/N-ethyl adjacent to an activating group) is 1. The van der Waals surface area contributed by atoms with E-state index in [4.69, 9.17) is 34.3 Å². The third kappa shape index (κ3) is 11.3. The Hall–Kier alpha value is -4.23. The molecule has 4 N–H and O–H groups in total. The van der Waals surface area contributed by atoms with Crippen molar-refractivity contribution in [2.24, 2.45) is 33.8 Å². The van der Waals surface area contributed by atoms with Gasteiger partial charge < -0.3 is 49.4 Å². The summed E-state index contributed by atoms with van der Waals surface area (Å²) in [5, 5.41) is 28.6. The first-order chi connectivity index (χ1) is 29.2. The van der Waals surface area contributed by atoms with Gasteiger partial charge in [0.25, 0.3) is 0 Å². The number of nitrogen functional groups attached to an aromatic ring is 1. The smallest absolute Gasteiger partial charge is 0.316 e. The fraction of sp³-hybridized carbons (Fsp3) is 0.667. The number of amides is 1. The first kappa shape index (κ1) is 48.8. The molecular formula is C45H66N6O11. The zero-order chi connectivity index (χ0) is 45.7. The molecule has 0 radical (unpaired) electrons. The minimum atomic E-state index is -1.87. The largest absolute Gasteiger partial charge is 0.459 e. The fourth-order valence-corrected chi connectivity index (χ4v) is 9.06. The number of nitrogens with zero attached hydrogens (tertiary/aromatic N) is 5. The lowest BCUT2D eigenvalue weighted by Gasteiger charge is -2.47. The summed E-state index contributed by atoms with van der Waals surface area (Å²) in [7, 11) is 3.72. The van der Waals surface area contributed by atoms with Crippen LogP contribution >= 0.6 is 0 Å². The summed E-state index contributed by atoms with van der Waals surface area (Å²) in [4.78, 5) is 62.4. The molecule has 0 aromatic carbocycles. The molecule has 2 bridgehead atoms. The van der Waals surface area contributed by atoms with Crippen molar-refractivity contribution in [1.29, 1.82) is 0 Å². The maximum absolute atomic E-state index is 14.5. The predicted molar refractivity (Wildman–Crippen MR) is 231 cm³/mol. The minimum Gasteiger partial charge on any atom is -0.459 e. The number of carbonyl (C=O) groups is 3. The van der Waals surface area contributed by atoms with Gasteiger partial charge in [0, 0.05) is 42.3 Å². The van der Waals surface area contributed by atoms with Gasteiger partial charge in [-0.2, -0.15) is 0 Å². The van der Waals surface area contributed by atoms with Crippen LogP contribution in [0.5, 0.6) is 0 Å². The van der Waals surface area contributed by atoms with Gasteiger partial charge in [-0.3, -0.25) is 19.4 Å². The Morgan fingerprint density at radius 2 is 1.77 bits per heavy atom. The van der Waals surface area contributed by atoms with E-state index in [1.54, 1.807) is 52.1 Å². The second-order valence-electron chi connectivity index (χ2n) is 17.8. The van der Waals surface area contributed by atoms with Gasteiger partial charge in [0.1, 0.15) is 41.9 Å². The molecular weight excluding hydrogens is 801 g/mol. The molecule has 0 spiro atoms. The number of oxime groups is 1. The zero-order valence-electron chi connectivity index (χ0n) is 37.9. The summed E-state index contributed by atoms with van der Waals surface area (Å²) < 4.78 is 32.5. The summed E-state index contributed by atoms with van der Waals surface area (Å²) in [6.07, 6.45) is -3.57. The van der Waals surface area contributed by atoms with Crippen LogP contribution in [0.15, 0.2) is 46.7 Å². The first-order valence-corrected chi connectivity index (χ1v) is 21.5. The molecule has 17 heteroatoms. The average molecular weight is 867 g/mol. The summed E-state index contributed by atoms with van der Waals surface area (Å²) in [6, 6.07) is 8.61. The number of ketones is 1. The SMILES string of the molecule is CC[C@H]1OC(=O)[C@H](C)C(=O)[C@H](C)[C@@H](O[C@@H]2O[C@H](C)C[C@H](N(C)C)[C@H]2O)[C@@]2(C)C[C@@H](C)/C(=N\C(C)=O)[C@@H](C)[C@@H](OC/C(=N\OCc3ccc(-c4cccc(N)n4)nc3)CO2)[C@]1(C)O. The summed E-state index contributed by atoms with van der Waals surface area (Å²) >= 11 is 0. The van der Waals surface area contributed by atoms with Crippen molar-refractivity contribution in [2.45, 2.75) is 142 Å². The maximum Gasteiger partial charge on any atom is 0.316 e. The van der Waals surface area contributed by atoms with E-state index >= 15 is 0 Å². The maximum atomic E-state index is 14.5. The molecule has 1 amide bonds. The quantitative estimate of drug-likeness (QED) is 0.192. The van der Waals surface area contributed by atoms with Crippen molar-refractivity contribution < 1.29 is 53.1 Å². The number of esters is 1. The molecule has 5 heterocycles. The van der Waals surface area contributed by atoms with E-state index in [9.17, 15) is 24.6 Å². The van der Waals surface area contributed by atoms with Crippen LogP contribution in [0.1, 0.15) is 87.1 Å². The lowest BCUT2D eigenvalue weighted by atomic mass is 9.73. The average Bonchev–Trinajstić information content (AvgIpc) is 3.23. The van der Waals surface area contributed by atoms with Gasteiger partial charge in [-0.1, -0.05) is 45.0 Å². The van der Waals surface area contributed by atoms with Gasteiger partial charge in [0.15, 0.2) is 12.1 Å². The van der Waals surface area contributed by atoms with Crippen LogP contribution in [-0.4, -0.2) is 136 Å². The first-order valence-electron chi connectivity index (χ1n) is 21.5. The molecule has 5 rings (SSSR count). The zero-order valence-corrected chi connectivity index (χ0v) is 37.9. The lowest BCUT2D eigenvalue weighted by molar-refractivity contribution is -0.296. The number of aliphatic imine (C=N–C) groups is 1. The Morgan fingerprint density at radius 3 is 2.40 bits per heavy atom. The van der Waals surface area contributed by atoms with E-state index in [-0.39, 0.29) is 50.5 Å². The number of fused-ring (bicyclic) bond motifs is 5. The second-order valence-corrected chi connectivity index (χ2v) is 17.8. The normalized spacial score (nSPS) is 36.7. The number of hydrogen-bond acceptors (Lipinski definition) is 16. The van der Waals surface area contributed by atoms with Crippen LogP contribution in [0.25, 0.3) is 11.4 Å². The van der Waals surface area contributed by atoms with Crippen molar-refractivity contribution in [3.63, 3.8) is 0 Å². The summed E-state index contributed by atoms with van der Waals surface area (Å²) in [6.45, 7) is 14.7. The highest BCUT2D eigenvalue weighted by Crippen LogP contribution is 2.40. The molecule has 13 atom stereocenters. The van der Waals surface area contributed by atoms with E-state index in [0.717, 1.165) is 0 Å². The van der Waals surface area contributed by atoms with Crippen LogP contribution in [-0.2, 0) is 49.5 Å². The number of hydrogen-bond donors (Lipinski definition) is 3. The Labute approximate surface area is 364 Å². The van der Waals surface area contributed by atoms with E-state index in [1.165, 1.54) is 20.8 Å². The molecule has 62 heavy (non-hydrogen) atoms. The minimum absolute atomic E-state index is 0.0214. The number of anilines is 1. The standard InChI is InChI=1S/C45H66N6O11/c1-12-35-45(9,56)41-26(4)37(48-29(7)52)24(2)19-44(8,40(27(5)38(53)28(6)42(55)61-35)62-43-39(54)34(51(10)11)18-25(3)60-43)58-23-31(22-57-41)50-59-21-30-16-17-32(47-20-30)33-14-13-15-36(46)49-33/h13-17,20,24-28,34-35,39-41,43,54,56H,12,18-19,21-23H2,1-11H3,(H2,46,49)/b48-37+,50-31+/t24-,25-,26-,27+,28-,34+,35-,39-,40-,41-,43+,44-,45-/m1/s1. The molecule has 3 aliphatic rings. The number of aliphatic hydroxyl groups is 2. The summed E-state index contributed by atoms with van der Waals surface area (Å²) in [5.74, 6) is -5.01. The number of cyclic esters (lactones) is 1. The molecule has 2 aromatic heterocycles. The molecule has 17 nitrogen and oxygen atoms in total. The van der Waals surface area contributed by atoms with Gasteiger partial charge >= 0.3 is 5.97 Å². The van der Waals surface area contributed by atoms with E-state index in [0.29, 0.717) is 34.9 Å². The topological polar surface area (TPSA) is 227 Å². The highest BCUT2D eigenvalue weighted by atomic mass is 16.7. The predicted octanol–water partition coefficient (Wildman–Crippen LogP) is 4.16. The van der Waals surface area contributed by atoms with Crippen molar-refractivity contribution in [2.75, 3.05) is 33.0 Å². The molecule has 3 saturated heterocycles. The Kier molecular flexibility index (Phi) is 16.1. The van der Waals surface area contributed by atoms with Crippen LogP contribution in [0.3, 0.4) is 0 Å². The Balaban J connectivity index is 1.62. The van der Waals surface area contributed by atoms with Gasteiger partial charge in [0.05, 0.1) is 48.5 Å². The molecule has 342 valence electrons. The monoisotopic (exact) mass is 866 g/mol. The van der Waals surface area contributed by atoms with Gasteiger partial charge in [-0.25, -0.2) is 9.98 Å². The molecule has 0 aliphatic carbocycles. The molecule has 3 fully saturated rings. The highest BCUT2D eigenvalue weighted by Gasteiger charge is 2.53. The Morgan fingerprint density at radius 1 is 1.05 bits per heavy atom. The van der Waals surface area contributed by atoms with Gasteiger partial charge in [-0.15, -0.1) is 0 Å². The highest BCUT2D eigenvalue weighted by molar-refractivity contribution is 6.00. The third-order valence-electron chi connectivity index (χ3n) is 12.4. The van der Waals surface area contributed by atoms with Crippen molar-refractivity contribution in [3.8, 4) is 11.4 Å². The number of aliphatic hydroxyl groups excluding tert-OH is 1. The van der Waals surface area contributed by atoms with Gasteiger partial charge in [0.2, 0.25) is 5.91 Å². The van der Waals surface area contributed by atoms with Crippen molar-refractivity contribution in [1.82, 2.24) is 14.9 Å². The number of ether oxygens (including phenoxy) is 5. The third-order valence-corrected chi connectivity index (χ3v) is 12.4. The number of aromatic nitrogens is 2. The van der Waals surface area contributed by atoms with E-state index in [2.05, 4.69) is 20.1 Å². The molecule has 0 saturated carbocycles. The van der Waals surface area contributed by atoms with Crippen LogP contribution < -0.4 is 5.73 Å². The number of pyridine rings is 2. The Bertz CT molecular complexity index is 1940. The summed E-state index contributed by atoms with van der Waals surface area (Å²) in [5.41, 5.74) is 5.22. The number of Topliss-reactive ketones (excluding diaryl/α,β-unsaturated/α-hetero) is 1. The van der Waals surface area contributed by atoms with Crippen LogP contribution in [0.4, 0.5) is 5.82 Å². The molecule has 0 unspecified atom stereocenters. The van der Waals surface area contributed by atoms with Crippen molar-refractivity contribution in [3.05, 3.63) is 42.1 Å². The van der Waals surface area contributed by atoms with E-state index < -0.39 is 83.2 Å². The van der Waals surface area contributed by atoms with Gasteiger partial charge in [-0.05, 0) is 85.2 Å². The number of nitrogens with two attached hydrogens (primary N) is 1. The van der Waals surface area contributed by atoms with Crippen LogP contribution in [0, 0.1) is 23.7 Å². The molecule has 2 aromatic rings. The second kappa shape index (κ2) is 20.5. The van der Waals surface area contributed by atoms with Crippen molar-refractivity contribution >= 4 is 34.9 Å². The van der Waals surface area contributed by atoms with E-state index in [1.807, 2.05) is 45.0 Å². The lowest BCUT2D eigenvalue weighted by Crippen LogP contribution is -2.60. The molecule has 3 aliphatic heterocycles. The fourth-order valence-electron chi connectivity index (χ4n) is 9.06.